The van der Waals surface area contributed by atoms with Gasteiger partial charge in [-0.25, -0.2) is 15.0 Å². The second kappa shape index (κ2) is 4.62. The van der Waals surface area contributed by atoms with E-state index in [4.69, 9.17) is 0 Å². The van der Waals surface area contributed by atoms with Crippen LogP contribution < -0.4 is 5.32 Å². The first-order valence-corrected chi connectivity index (χ1v) is 7.28. The molecule has 3 heterocycles. The molecular formula is C12H12N4S2. The molecule has 0 amide bonds. The molecule has 0 unspecified atom stereocenters. The second-order valence-corrected chi connectivity index (χ2v) is 6.25. The van der Waals surface area contributed by atoms with Crippen molar-refractivity contribution in [2.75, 3.05) is 5.32 Å². The Labute approximate surface area is 113 Å². The van der Waals surface area contributed by atoms with Gasteiger partial charge in [-0.2, -0.15) is 0 Å². The Balaban J connectivity index is 1.85. The summed E-state index contributed by atoms with van der Waals surface area (Å²) >= 11 is 3.35. The number of anilines is 1. The normalized spacial score (nSPS) is 11.0. The lowest BCUT2D eigenvalue weighted by molar-refractivity contribution is 1.02. The van der Waals surface area contributed by atoms with Gasteiger partial charge < -0.3 is 5.32 Å². The Kier molecular flexibility index (Phi) is 2.97. The Morgan fingerprint density at radius 2 is 2.17 bits per heavy atom. The average Bonchev–Trinajstić information content (AvgIpc) is 2.93. The summed E-state index contributed by atoms with van der Waals surface area (Å²) in [4.78, 5) is 15.3. The van der Waals surface area contributed by atoms with Gasteiger partial charge >= 0.3 is 0 Å². The first-order chi connectivity index (χ1) is 8.74. The zero-order valence-corrected chi connectivity index (χ0v) is 11.7. The van der Waals surface area contributed by atoms with E-state index in [2.05, 4.69) is 27.2 Å². The van der Waals surface area contributed by atoms with Gasteiger partial charge in [0.1, 0.15) is 17.0 Å². The van der Waals surface area contributed by atoms with Gasteiger partial charge in [-0.15, -0.1) is 22.7 Å². The topological polar surface area (TPSA) is 50.7 Å². The molecule has 0 aliphatic carbocycles. The van der Waals surface area contributed by atoms with Crippen molar-refractivity contribution in [2.45, 2.75) is 20.4 Å². The molecule has 0 aliphatic heterocycles. The van der Waals surface area contributed by atoms with Gasteiger partial charge in [0.05, 0.1) is 22.6 Å². The summed E-state index contributed by atoms with van der Waals surface area (Å²) in [6, 6.07) is 2.04. The van der Waals surface area contributed by atoms with Crippen LogP contribution in [0.4, 0.5) is 5.82 Å². The predicted octanol–water partition coefficient (Wildman–Crippen LogP) is 3.38. The van der Waals surface area contributed by atoms with E-state index in [0.29, 0.717) is 6.54 Å². The number of hydrogen-bond donors (Lipinski definition) is 1. The highest BCUT2D eigenvalue weighted by Crippen LogP contribution is 2.24. The third kappa shape index (κ3) is 2.09. The van der Waals surface area contributed by atoms with Gasteiger partial charge in [0, 0.05) is 4.88 Å². The summed E-state index contributed by atoms with van der Waals surface area (Å²) in [7, 11) is 0. The molecule has 3 aromatic heterocycles. The van der Waals surface area contributed by atoms with E-state index in [1.807, 2.05) is 18.4 Å². The maximum atomic E-state index is 4.51. The number of aryl methyl sites for hydroxylation is 2. The Bertz CT molecular complexity index is 686. The van der Waals surface area contributed by atoms with Crippen LogP contribution in [0.5, 0.6) is 0 Å². The number of nitrogens with zero attached hydrogens (tertiary/aromatic N) is 3. The lowest BCUT2D eigenvalue weighted by atomic mass is 10.3. The smallest absolute Gasteiger partial charge is 0.138 e. The number of thiazole rings is 1. The molecule has 3 rings (SSSR count). The first-order valence-electron chi connectivity index (χ1n) is 5.59. The monoisotopic (exact) mass is 276 g/mol. The molecule has 18 heavy (non-hydrogen) atoms. The predicted molar refractivity (Wildman–Crippen MR) is 76.3 cm³/mol. The van der Waals surface area contributed by atoms with Crippen molar-refractivity contribution in [3.8, 4) is 0 Å². The molecule has 0 saturated heterocycles. The minimum atomic E-state index is 0.706. The molecule has 6 heteroatoms. The molecular weight excluding hydrogens is 264 g/mol. The minimum absolute atomic E-state index is 0.706. The van der Waals surface area contributed by atoms with Crippen LogP contribution in [0.2, 0.25) is 0 Å². The molecule has 1 N–H and O–H groups in total. The molecule has 0 fully saturated rings. The zero-order valence-electron chi connectivity index (χ0n) is 10.1. The fourth-order valence-electron chi connectivity index (χ4n) is 1.83. The number of hydrogen-bond acceptors (Lipinski definition) is 6. The molecule has 0 bridgehead atoms. The molecule has 4 nitrogen and oxygen atoms in total. The Hall–Kier alpha value is -1.53. The largest absolute Gasteiger partial charge is 0.364 e. The third-order valence-corrected chi connectivity index (χ3v) is 4.43. The fourth-order valence-corrected chi connectivity index (χ4v) is 3.40. The van der Waals surface area contributed by atoms with Gasteiger partial charge in [0.15, 0.2) is 0 Å². The summed E-state index contributed by atoms with van der Waals surface area (Å²) < 4.78 is 0. The van der Waals surface area contributed by atoms with Crippen molar-refractivity contribution in [1.82, 2.24) is 15.0 Å². The highest BCUT2D eigenvalue weighted by Gasteiger charge is 2.07. The van der Waals surface area contributed by atoms with Gasteiger partial charge in [-0.3, -0.25) is 0 Å². The van der Waals surface area contributed by atoms with Crippen LogP contribution in [0.15, 0.2) is 17.8 Å². The van der Waals surface area contributed by atoms with E-state index in [-0.39, 0.29) is 0 Å². The van der Waals surface area contributed by atoms with Crippen molar-refractivity contribution in [2.24, 2.45) is 0 Å². The van der Waals surface area contributed by atoms with E-state index in [0.717, 1.165) is 26.7 Å². The van der Waals surface area contributed by atoms with Gasteiger partial charge in [-0.05, 0) is 25.3 Å². The van der Waals surface area contributed by atoms with Crippen LogP contribution in [0.25, 0.3) is 10.2 Å². The molecule has 92 valence electrons. The van der Waals surface area contributed by atoms with Crippen molar-refractivity contribution in [3.05, 3.63) is 33.4 Å². The summed E-state index contributed by atoms with van der Waals surface area (Å²) in [5.41, 5.74) is 1.10. The van der Waals surface area contributed by atoms with Crippen molar-refractivity contribution in [1.29, 1.82) is 0 Å². The van der Waals surface area contributed by atoms with E-state index in [1.54, 1.807) is 29.0 Å². The Morgan fingerprint density at radius 3 is 2.94 bits per heavy atom. The Morgan fingerprint density at radius 1 is 1.28 bits per heavy atom. The van der Waals surface area contributed by atoms with Crippen LogP contribution in [0.1, 0.15) is 15.6 Å². The molecule has 0 radical (unpaired) electrons. The molecule has 0 aliphatic rings. The quantitative estimate of drug-likeness (QED) is 0.796. The highest BCUT2D eigenvalue weighted by molar-refractivity contribution is 7.16. The highest BCUT2D eigenvalue weighted by atomic mass is 32.1. The lowest BCUT2D eigenvalue weighted by Gasteiger charge is -2.05. The summed E-state index contributed by atoms with van der Waals surface area (Å²) in [6.45, 7) is 4.84. The third-order valence-electron chi connectivity index (χ3n) is 2.68. The number of thiophene rings is 1. The maximum absolute atomic E-state index is 4.51. The maximum Gasteiger partial charge on any atom is 0.138 e. The van der Waals surface area contributed by atoms with Crippen LogP contribution in [0.3, 0.4) is 0 Å². The van der Waals surface area contributed by atoms with Crippen molar-refractivity contribution < 1.29 is 0 Å². The van der Waals surface area contributed by atoms with Crippen molar-refractivity contribution >= 4 is 38.7 Å². The summed E-state index contributed by atoms with van der Waals surface area (Å²) in [6.07, 6.45) is 1.60. The van der Waals surface area contributed by atoms with E-state index >= 15 is 0 Å². The second-order valence-electron chi connectivity index (χ2n) is 3.95. The summed E-state index contributed by atoms with van der Waals surface area (Å²) in [5.74, 6) is 0.881. The van der Waals surface area contributed by atoms with Gasteiger partial charge in [0.2, 0.25) is 0 Å². The van der Waals surface area contributed by atoms with E-state index < -0.39 is 0 Å². The molecule has 3 aromatic rings. The van der Waals surface area contributed by atoms with E-state index in [9.17, 15) is 0 Å². The zero-order chi connectivity index (χ0) is 12.5. The van der Waals surface area contributed by atoms with E-state index in [1.165, 1.54) is 4.88 Å². The van der Waals surface area contributed by atoms with Crippen LogP contribution in [0, 0.1) is 13.8 Å². The van der Waals surface area contributed by atoms with Crippen LogP contribution in [-0.4, -0.2) is 15.0 Å². The van der Waals surface area contributed by atoms with Gasteiger partial charge in [0.25, 0.3) is 0 Å². The molecule has 0 aromatic carbocycles. The molecule has 0 saturated carbocycles. The van der Waals surface area contributed by atoms with Gasteiger partial charge in [-0.1, -0.05) is 0 Å². The lowest BCUT2D eigenvalue weighted by Crippen LogP contribution is -2.03. The number of fused-ring (bicyclic) bond motifs is 1. The van der Waals surface area contributed by atoms with Crippen LogP contribution >= 0.6 is 22.7 Å². The fraction of sp³-hybridized carbons (Fsp3) is 0.250. The average molecular weight is 276 g/mol. The van der Waals surface area contributed by atoms with Crippen molar-refractivity contribution in [3.63, 3.8) is 0 Å². The summed E-state index contributed by atoms with van der Waals surface area (Å²) in [5, 5.41) is 7.55. The standard InChI is InChI=1S/C12H12N4S2/c1-7-10(16-8(2)18-7)5-13-11-9-3-4-17-12(9)15-6-14-11/h3-4,6H,5H2,1-2H3,(H,13,14,15). The minimum Gasteiger partial charge on any atom is -0.364 e. The number of nitrogens with one attached hydrogen (secondary N) is 1. The number of rotatable bonds is 3. The SMILES string of the molecule is Cc1nc(CNc2ncnc3sccc23)c(C)s1. The van der Waals surface area contributed by atoms with Crippen LogP contribution in [-0.2, 0) is 6.54 Å². The number of aromatic nitrogens is 3. The molecule has 0 atom stereocenters. The molecule has 0 spiro atoms. The first kappa shape index (κ1) is 11.6.